The van der Waals surface area contributed by atoms with Crippen molar-refractivity contribution in [2.24, 2.45) is 0 Å². The average molecular weight is 384 g/mol. The van der Waals surface area contributed by atoms with Crippen molar-refractivity contribution in [3.8, 4) is 23.0 Å². The average Bonchev–Trinajstić information content (AvgIpc) is 2.65. The van der Waals surface area contributed by atoms with Crippen LogP contribution in [0.5, 0.6) is 23.0 Å². The molecule has 0 aliphatic carbocycles. The summed E-state index contributed by atoms with van der Waals surface area (Å²) in [5, 5.41) is 0.561. The van der Waals surface area contributed by atoms with Crippen LogP contribution in [-0.4, -0.2) is 27.3 Å². The number of fused-ring (bicyclic) bond motifs is 1. The van der Waals surface area contributed by atoms with Gasteiger partial charge in [0, 0.05) is 6.07 Å². The monoisotopic (exact) mass is 384 g/mol. The molecule has 0 aliphatic heterocycles. The fraction of sp³-hybridized carbons (Fsp3) is 0.238. The SMILES string of the molecule is COc1cc(C(=O)Oc2cc(C)cc3oc(=O)cc(C)c23)cc(OC)c1OC. The zero-order chi connectivity index (χ0) is 20.4. The largest absolute Gasteiger partial charge is 0.493 e. The molecule has 7 nitrogen and oxygen atoms in total. The molecule has 28 heavy (non-hydrogen) atoms. The third-order valence-electron chi connectivity index (χ3n) is 4.25. The fourth-order valence-corrected chi connectivity index (χ4v) is 3.02. The van der Waals surface area contributed by atoms with E-state index in [0.717, 1.165) is 5.56 Å². The van der Waals surface area contributed by atoms with E-state index in [1.807, 2.05) is 6.92 Å². The van der Waals surface area contributed by atoms with Gasteiger partial charge in [0.1, 0.15) is 11.3 Å². The number of esters is 1. The summed E-state index contributed by atoms with van der Waals surface area (Å²) in [5.74, 6) is 0.738. The third kappa shape index (κ3) is 3.51. The molecule has 0 amide bonds. The molecule has 146 valence electrons. The molecule has 0 N–H and O–H groups in total. The zero-order valence-electron chi connectivity index (χ0n) is 16.2. The van der Waals surface area contributed by atoms with Gasteiger partial charge in [-0.15, -0.1) is 0 Å². The Labute approximate surface area is 161 Å². The van der Waals surface area contributed by atoms with Gasteiger partial charge < -0.3 is 23.4 Å². The van der Waals surface area contributed by atoms with Gasteiger partial charge >= 0.3 is 11.6 Å². The van der Waals surface area contributed by atoms with Crippen molar-refractivity contribution >= 4 is 16.9 Å². The molecule has 0 aliphatic rings. The van der Waals surface area contributed by atoms with Gasteiger partial charge in [0.25, 0.3) is 0 Å². The van der Waals surface area contributed by atoms with Crippen LogP contribution >= 0.6 is 0 Å². The second kappa shape index (κ2) is 7.64. The summed E-state index contributed by atoms with van der Waals surface area (Å²) < 4.78 is 26.7. The van der Waals surface area contributed by atoms with Crippen LogP contribution in [0.3, 0.4) is 0 Å². The van der Waals surface area contributed by atoms with E-state index in [2.05, 4.69) is 0 Å². The number of methoxy groups -OCH3 is 3. The summed E-state index contributed by atoms with van der Waals surface area (Å²) in [4.78, 5) is 24.5. The van der Waals surface area contributed by atoms with Crippen molar-refractivity contribution < 1.29 is 28.2 Å². The number of hydrogen-bond acceptors (Lipinski definition) is 7. The second-order valence-corrected chi connectivity index (χ2v) is 6.19. The van der Waals surface area contributed by atoms with Crippen LogP contribution in [0, 0.1) is 13.8 Å². The Bertz CT molecular complexity index is 1090. The summed E-state index contributed by atoms with van der Waals surface area (Å²) in [6, 6.07) is 7.81. The highest BCUT2D eigenvalue weighted by atomic mass is 16.5. The van der Waals surface area contributed by atoms with Gasteiger partial charge in [-0.05, 0) is 49.2 Å². The Morgan fingerprint density at radius 1 is 0.857 bits per heavy atom. The summed E-state index contributed by atoms with van der Waals surface area (Å²) >= 11 is 0. The van der Waals surface area contributed by atoms with Crippen LogP contribution in [0.25, 0.3) is 11.0 Å². The third-order valence-corrected chi connectivity index (χ3v) is 4.25. The lowest BCUT2D eigenvalue weighted by atomic mass is 10.1. The minimum absolute atomic E-state index is 0.221. The molecule has 0 spiro atoms. The van der Waals surface area contributed by atoms with Crippen LogP contribution in [0.4, 0.5) is 0 Å². The first-order chi connectivity index (χ1) is 13.4. The first kappa shape index (κ1) is 19.3. The molecule has 1 heterocycles. The zero-order valence-corrected chi connectivity index (χ0v) is 16.2. The van der Waals surface area contributed by atoms with E-state index >= 15 is 0 Å². The van der Waals surface area contributed by atoms with Crippen LogP contribution in [0.1, 0.15) is 21.5 Å². The first-order valence-electron chi connectivity index (χ1n) is 8.45. The normalized spacial score (nSPS) is 10.6. The molecule has 0 saturated heterocycles. The van der Waals surface area contributed by atoms with E-state index in [-0.39, 0.29) is 5.56 Å². The number of carbonyl (C=O) groups excluding carboxylic acids is 1. The van der Waals surface area contributed by atoms with Crippen LogP contribution in [0.15, 0.2) is 39.5 Å². The Kier molecular flexibility index (Phi) is 5.26. The quantitative estimate of drug-likeness (QED) is 0.377. The van der Waals surface area contributed by atoms with Crippen LogP contribution in [0.2, 0.25) is 0 Å². The smallest absolute Gasteiger partial charge is 0.343 e. The number of rotatable bonds is 5. The van der Waals surface area contributed by atoms with E-state index in [0.29, 0.717) is 39.5 Å². The molecule has 0 atom stereocenters. The topological polar surface area (TPSA) is 84.2 Å². The van der Waals surface area contributed by atoms with Gasteiger partial charge in [-0.2, -0.15) is 0 Å². The minimum Gasteiger partial charge on any atom is -0.493 e. The van der Waals surface area contributed by atoms with E-state index in [9.17, 15) is 9.59 Å². The molecule has 2 aromatic carbocycles. The molecule has 7 heteroatoms. The second-order valence-electron chi connectivity index (χ2n) is 6.19. The summed E-state index contributed by atoms with van der Waals surface area (Å²) in [7, 11) is 4.41. The maximum atomic E-state index is 12.8. The van der Waals surface area contributed by atoms with Crippen molar-refractivity contribution in [3.63, 3.8) is 0 Å². The summed E-state index contributed by atoms with van der Waals surface area (Å²) in [6.45, 7) is 3.57. The van der Waals surface area contributed by atoms with Crippen molar-refractivity contribution in [2.45, 2.75) is 13.8 Å². The number of benzene rings is 2. The maximum Gasteiger partial charge on any atom is 0.343 e. The maximum absolute atomic E-state index is 12.8. The highest BCUT2D eigenvalue weighted by Crippen LogP contribution is 2.39. The predicted octanol–water partition coefficient (Wildman–Crippen LogP) is 3.65. The highest BCUT2D eigenvalue weighted by Gasteiger charge is 2.20. The predicted molar refractivity (Wildman–Crippen MR) is 103 cm³/mol. The summed E-state index contributed by atoms with van der Waals surface area (Å²) in [6.07, 6.45) is 0. The molecule has 0 fully saturated rings. The molecule has 0 saturated carbocycles. The Balaban J connectivity index is 2.08. The number of hydrogen-bond donors (Lipinski definition) is 0. The Hall–Kier alpha value is -3.48. The van der Waals surface area contributed by atoms with E-state index in [4.69, 9.17) is 23.4 Å². The van der Waals surface area contributed by atoms with Crippen molar-refractivity contribution in [2.75, 3.05) is 21.3 Å². The summed E-state index contributed by atoms with van der Waals surface area (Å²) in [5.41, 5.74) is 1.56. The standard InChI is InChI=1S/C21H20O7/c1-11-6-14-19(12(2)8-18(22)27-14)15(7-11)28-21(23)13-9-16(24-3)20(26-5)17(10-13)25-4/h6-10H,1-5H3. The van der Waals surface area contributed by atoms with Crippen molar-refractivity contribution in [3.05, 3.63) is 57.4 Å². The minimum atomic E-state index is -0.614. The van der Waals surface area contributed by atoms with Gasteiger partial charge in [-0.25, -0.2) is 9.59 Å². The van der Waals surface area contributed by atoms with Gasteiger partial charge in [-0.3, -0.25) is 0 Å². The number of ether oxygens (including phenoxy) is 4. The van der Waals surface area contributed by atoms with E-state index < -0.39 is 11.6 Å². The highest BCUT2D eigenvalue weighted by molar-refractivity contribution is 5.96. The molecule has 3 rings (SSSR count). The Morgan fingerprint density at radius 2 is 1.50 bits per heavy atom. The van der Waals surface area contributed by atoms with Gasteiger partial charge in [0.2, 0.25) is 5.75 Å². The number of carbonyl (C=O) groups is 1. The lowest BCUT2D eigenvalue weighted by molar-refractivity contribution is 0.0736. The van der Waals surface area contributed by atoms with E-state index in [1.165, 1.54) is 39.5 Å². The molecule has 0 radical (unpaired) electrons. The first-order valence-corrected chi connectivity index (χ1v) is 8.45. The molecular formula is C21H20O7. The van der Waals surface area contributed by atoms with Crippen molar-refractivity contribution in [1.29, 1.82) is 0 Å². The van der Waals surface area contributed by atoms with E-state index in [1.54, 1.807) is 19.1 Å². The Morgan fingerprint density at radius 3 is 2.07 bits per heavy atom. The molecule has 0 unspecified atom stereocenters. The van der Waals surface area contributed by atoms with Gasteiger partial charge in [0.15, 0.2) is 11.5 Å². The van der Waals surface area contributed by atoms with Crippen molar-refractivity contribution in [1.82, 2.24) is 0 Å². The van der Waals surface area contributed by atoms with Gasteiger partial charge in [-0.1, -0.05) is 0 Å². The van der Waals surface area contributed by atoms with Crippen LogP contribution < -0.4 is 24.6 Å². The lowest BCUT2D eigenvalue weighted by Crippen LogP contribution is -2.11. The van der Waals surface area contributed by atoms with Gasteiger partial charge in [0.05, 0.1) is 32.3 Å². The fourth-order valence-electron chi connectivity index (χ4n) is 3.02. The molecule has 1 aromatic heterocycles. The number of aryl methyl sites for hydroxylation is 2. The molecular weight excluding hydrogens is 364 g/mol. The molecule has 0 bridgehead atoms. The molecule has 3 aromatic rings. The van der Waals surface area contributed by atoms with Crippen LogP contribution in [-0.2, 0) is 0 Å². The lowest BCUT2D eigenvalue weighted by Gasteiger charge is -2.14.